The lowest BCUT2D eigenvalue weighted by atomic mass is 10.1. The number of fused-ring (bicyclic) bond motifs is 1. The van der Waals surface area contributed by atoms with E-state index in [1.165, 1.54) is 34.7 Å². The first-order chi connectivity index (χ1) is 15.0. The van der Waals surface area contributed by atoms with Gasteiger partial charge in [0.15, 0.2) is 0 Å². The van der Waals surface area contributed by atoms with Gasteiger partial charge in [0.1, 0.15) is 23.2 Å². The molecule has 0 aliphatic heterocycles. The SMILES string of the molecule is CCc1ccc(CNC(=O)CCn2cnc3onc(-c4cccc(F)c4)c3c2=O)cc1. The summed E-state index contributed by atoms with van der Waals surface area (Å²) in [5.41, 5.74) is 2.57. The first-order valence-electron chi connectivity index (χ1n) is 10.0. The minimum absolute atomic E-state index is 0.0699. The van der Waals surface area contributed by atoms with E-state index >= 15 is 0 Å². The summed E-state index contributed by atoms with van der Waals surface area (Å²) in [5, 5.41) is 6.89. The van der Waals surface area contributed by atoms with Gasteiger partial charge < -0.3 is 9.84 Å². The summed E-state index contributed by atoms with van der Waals surface area (Å²) in [6.07, 6.45) is 2.40. The molecule has 2 aromatic heterocycles. The third kappa shape index (κ3) is 4.53. The standard InChI is InChI=1S/C23H21FN4O3/c1-2-15-6-8-16(9-7-15)13-25-19(29)10-11-28-14-26-22-20(23(28)30)21(27-31-22)17-4-3-5-18(24)12-17/h3-9,12,14H,2,10-11,13H2,1H3,(H,25,29). The number of carbonyl (C=O) groups is 1. The third-order valence-electron chi connectivity index (χ3n) is 5.06. The Morgan fingerprint density at radius 2 is 1.94 bits per heavy atom. The van der Waals surface area contributed by atoms with E-state index in [-0.39, 0.29) is 35.7 Å². The Hall–Kier alpha value is -3.81. The van der Waals surface area contributed by atoms with Crippen molar-refractivity contribution in [2.45, 2.75) is 32.9 Å². The van der Waals surface area contributed by atoms with Gasteiger partial charge in [-0.15, -0.1) is 0 Å². The van der Waals surface area contributed by atoms with Gasteiger partial charge >= 0.3 is 0 Å². The second-order valence-electron chi connectivity index (χ2n) is 7.16. The van der Waals surface area contributed by atoms with Crippen molar-refractivity contribution in [3.63, 3.8) is 0 Å². The summed E-state index contributed by atoms with van der Waals surface area (Å²) in [5.74, 6) is -0.624. The molecule has 0 atom stereocenters. The molecular weight excluding hydrogens is 399 g/mol. The average Bonchev–Trinajstić information content (AvgIpc) is 3.22. The maximum absolute atomic E-state index is 13.6. The number of nitrogens with zero attached hydrogens (tertiary/aromatic N) is 3. The largest absolute Gasteiger partial charge is 0.352 e. The Labute approximate surface area is 177 Å². The van der Waals surface area contributed by atoms with E-state index in [2.05, 4.69) is 22.4 Å². The molecule has 0 aliphatic rings. The van der Waals surface area contributed by atoms with Crippen molar-refractivity contribution >= 4 is 17.0 Å². The van der Waals surface area contributed by atoms with Crippen molar-refractivity contribution in [3.05, 3.63) is 82.2 Å². The average molecular weight is 420 g/mol. The molecular formula is C23H21FN4O3. The Balaban J connectivity index is 1.46. The minimum atomic E-state index is -0.445. The van der Waals surface area contributed by atoms with Gasteiger partial charge in [-0.25, -0.2) is 9.37 Å². The van der Waals surface area contributed by atoms with Crippen molar-refractivity contribution in [1.29, 1.82) is 0 Å². The number of aromatic nitrogens is 3. The number of amides is 1. The molecule has 2 aromatic carbocycles. The lowest BCUT2D eigenvalue weighted by molar-refractivity contribution is -0.121. The number of rotatable bonds is 7. The number of hydrogen-bond donors (Lipinski definition) is 1. The monoisotopic (exact) mass is 420 g/mol. The summed E-state index contributed by atoms with van der Waals surface area (Å²) in [6.45, 7) is 2.66. The van der Waals surface area contributed by atoms with Crippen molar-refractivity contribution < 1.29 is 13.7 Å². The molecule has 0 saturated heterocycles. The minimum Gasteiger partial charge on any atom is -0.352 e. The Morgan fingerprint density at radius 1 is 1.16 bits per heavy atom. The van der Waals surface area contributed by atoms with Crippen LogP contribution in [-0.2, 0) is 24.3 Å². The molecule has 4 rings (SSSR count). The zero-order chi connectivity index (χ0) is 21.8. The molecule has 31 heavy (non-hydrogen) atoms. The van der Waals surface area contributed by atoms with Gasteiger partial charge in [0.25, 0.3) is 11.3 Å². The van der Waals surface area contributed by atoms with Gasteiger partial charge in [0.2, 0.25) is 5.91 Å². The lowest BCUT2D eigenvalue weighted by Gasteiger charge is -2.08. The maximum Gasteiger partial charge on any atom is 0.266 e. The lowest BCUT2D eigenvalue weighted by Crippen LogP contribution is -2.27. The Morgan fingerprint density at radius 3 is 2.68 bits per heavy atom. The van der Waals surface area contributed by atoms with Crippen LogP contribution in [0, 0.1) is 5.82 Å². The smallest absolute Gasteiger partial charge is 0.266 e. The van der Waals surface area contributed by atoms with Gasteiger partial charge in [0, 0.05) is 25.1 Å². The summed E-state index contributed by atoms with van der Waals surface area (Å²) >= 11 is 0. The van der Waals surface area contributed by atoms with E-state index in [0.29, 0.717) is 12.1 Å². The quantitative estimate of drug-likeness (QED) is 0.495. The van der Waals surface area contributed by atoms with Crippen LogP contribution in [0.3, 0.4) is 0 Å². The van der Waals surface area contributed by atoms with Crippen LogP contribution in [0.1, 0.15) is 24.5 Å². The zero-order valence-corrected chi connectivity index (χ0v) is 17.0. The van der Waals surface area contributed by atoms with Crippen molar-refractivity contribution in [3.8, 4) is 11.3 Å². The van der Waals surface area contributed by atoms with E-state index in [1.807, 2.05) is 24.3 Å². The molecule has 0 unspecified atom stereocenters. The van der Waals surface area contributed by atoms with Crippen LogP contribution < -0.4 is 10.9 Å². The molecule has 8 heteroatoms. The zero-order valence-electron chi connectivity index (χ0n) is 17.0. The fourth-order valence-electron chi connectivity index (χ4n) is 3.28. The number of carbonyl (C=O) groups excluding carboxylic acids is 1. The third-order valence-corrected chi connectivity index (χ3v) is 5.06. The molecule has 0 fully saturated rings. The van der Waals surface area contributed by atoms with Crippen LogP contribution >= 0.6 is 0 Å². The van der Waals surface area contributed by atoms with E-state index in [1.54, 1.807) is 6.07 Å². The van der Waals surface area contributed by atoms with Crippen LogP contribution in [0.4, 0.5) is 4.39 Å². The van der Waals surface area contributed by atoms with Gasteiger partial charge in [-0.3, -0.25) is 14.2 Å². The predicted molar refractivity (Wildman–Crippen MR) is 114 cm³/mol. The second-order valence-corrected chi connectivity index (χ2v) is 7.16. The summed E-state index contributed by atoms with van der Waals surface area (Å²) < 4.78 is 20.0. The van der Waals surface area contributed by atoms with Crippen molar-refractivity contribution in [2.75, 3.05) is 0 Å². The molecule has 0 saturated carbocycles. The second kappa shape index (κ2) is 8.91. The highest BCUT2D eigenvalue weighted by molar-refractivity contribution is 5.88. The fraction of sp³-hybridized carbons (Fsp3) is 0.217. The highest BCUT2D eigenvalue weighted by atomic mass is 19.1. The van der Waals surface area contributed by atoms with Gasteiger partial charge in [-0.1, -0.05) is 48.5 Å². The number of nitrogens with one attached hydrogen (secondary N) is 1. The van der Waals surface area contributed by atoms with E-state index < -0.39 is 11.4 Å². The van der Waals surface area contributed by atoms with E-state index in [9.17, 15) is 14.0 Å². The first-order valence-corrected chi connectivity index (χ1v) is 10.0. The number of aryl methyl sites for hydroxylation is 2. The van der Waals surface area contributed by atoms with E-state index in [0.717, 1.165) is 12.0 Å². The van der Waals surface area contributed by atoms with Gasteiger partial charge in [-0.05, 0) is 29.7 Å². The Kier molecular flexibility index (Phi) is 5.88. The van der Waals surface area contributed by atoms with Crippen LogP contribution in [0.25, 0.3) is 22.4 Å². The van der Waals surface area contributed by atoms with Crippen molar-refractivity contribution in [1.82, 2.24) is 20.0 Å². The molecule has 0 bridgehead atoms. The van der Waals surface area contributed by atoms with Gasteiger partial charge in [0.05, 0.1) is 0 Å². The molecule has 1 N–H and O–H groups in total. The molecule has 4 aromatic rings. The topological polar surface area (TPSA) is 90.0 Å². The normalized spacial score (nSPS) is 11.0. The first kappa shape index (κ1) is 20.5. The van der Waals surface area contributed by atoms with Gasteiger partial charge in [-0.2, -0.15) is 0 Å². The summed E-state index contributed by atoms with van der Waals surface area (Å²) in [6, 6.07) is 13.8. The van der Waals surface area contributed by atoms with Crippen LogP contribution in [-0.4, -0.2) is 20.6 Å². The molecule has 2 heterocycles. The fourth-order valence-corrected chi connectivity index (χ4v) is 3.28. The maximum atomic E-state index is 13.6. The van der Waals surface area contributed by atoms with Crippen molar-refractivity contribution in [2.24, 2.45) is 0 Å². The number of hydrogen-bond acceptors (Lipinski definition) is 5. The summed E-state index contributed by atoms with van der Waals surface area (Å²) in [4.78, 5) is 29.3. The van der Waals surface area contributed by atoms with E-state index in [4.69, 9.17) is 4.52 Å². The Bertz CT molecular complexity index is 1280. The van der Waals surface area contributed by atoms with Crippen LogP contribution in [0.2, 0.25) is 0 Å². The molecule has 0 aliphatic carbocycles. The molecule has 0 spiro atoms. The predicted octanol–water partition coefficient (Wildman–Crippen LogP) is 3.46. The number of benzene rings is 2. The number of halogens is 1. The molecule has 7 nitrogen and oxygen atoms in total. The molecule has 1 amide bonds. The molecule has 0 radical (unpaired) electrons. The highest BCUT2D eigenvalue weighted by Gasteiger charge is 2.17. The highest BCUT2D eigenvalue weighted by Crippen LogP contribution is 2.24. The molecule has 158 valence electrons. The van der Waals surface area contributed by atoms with Crippen LogP contribution in [0.15, 0.2) is 64.2 Å². The van der Waals surface area contributed by atoms with Crippen LogP contribution in [0.5, 0.6) is 0 Å². The summed E-state index contributed by atoms with van der Waals surface area (Å²) in [7, 11) is 0.